The smallest absolute Gasteiger partial charge is 0.490 e. The van der Waals surface area contributed by atoms with E-state index in [-0.39, 0.29) is 5.91 Å². The first-order valence-electron chi connectivity index (χ1n) is 11.0. The number of amidine groups is 1. The highest BCUT2D eigenvalue weighted by Gasteiger charge is 2.60. The minimum Gasteiger partial charge on any atom is -0.497 e. The molecule has 2 heterocycles. The number of methoxy groups -OCH3 is 2. The normalized spacial score (nSPS) is 26.4. The van der Waals surface area contributed by atoms with Crippen LogP contribution in [0.1, 0.15) is 25.3 Å². The number of fused-ring (bicyclic) bond motifs is 2. The number of aliphatic carboxylic acids is 1. The maximum atomic E-state index is 13.2. The van der Waals surface area contributed by atoms with Crippen LogP contribution in [0.3, 0.4) is 0 Å². The van der Waals surface area contributed by atoms with E-state index < -0.39 is 17.7 Å². The van der Waals surface area contributed by atoms with Gasteiger partial charge in [0.25, 0.3) is 5.91 Å². The molecule has 11 heteroatoms. The van der Waals surface area contributed by atoms with Crippen LogP contribution in [0.25, 0.3) is 0 Å². The van der Waals surface area contributed by atoms with Crippen LogP contribution in [0.4, 0.5) is 13.2 Å². The largest absolute Gasteiger partial charge is 0.497 e. The molecule has 0 unspecified atom stereocenters. The van der Waals surface area contributed by atoms with Gasteiger partial charge in [-0.3, -0.25) is 19.6 Å². The van der Waals surface area contributed by atoms with Crippen molar-refractivity contribution in [3.8, 4) is 5.75 Å². The maximum Gasteiger partial charge on any atom is 0.490 e. The first kappa shape index (κ1) is 26.0. The number of ether oxygens (including phenoxy) is 2. The van der Waals surface area contributed by atoms with Crippen molar-refractivity contribution < 1.29 is 37.3 Å². The lowest BCUT2D eigenvalue weighted by Gasteiger charge is -2.28. The van der Waals surface area contributed by atoms with Gasteiger partial charge in [-0.05, 0) is 43.4 Å². The van der Waals surface area contributed by atoms with Crippen molar-refractivity contribution in [1.29, 1.82) is 0 Å². The molecule has 1 saturated carbocycles. The third-order valence-corrected chi connectivity index (χ3v) is 6.72. The predicted molar refractivity (Wildman–Crippen MR) is 118 cm³/mol. The molecule has 4 rings (SSSR count). The summed E-state index contributed by atoms with van der Waals surface area (Å²) >= 11 is 0. The minimum atomic E-state index is -5.08. The van der Waals surface area contributed by atoms with Crippen LogP contribution in [0.2, 0.25) is 0 Å². The van der Waals surface area contributed by atoms with E-state index >= 15 is 0 Å². The van der Waals surface area contributed by atoms with Gasteiger partial charge < -0.3 is 14.6 Å². The molecule has 0 aromatic heterocycles. The van der Waals surface area contributed by atoms with Crippen LogP contribution in [0.5, 0.6) is 5.75 Å². The Labute approximate surface area is 196 Å². The predicted octanol–water partition coefficient (Wildman–Crippen LogP) is 2.82. The maximum absolute atomic E-state index is 13.2. The van der Waals surface area contributed by atoms with Gasteiger partial charge in [-0.25, -0.2) is 4.79 Å². The number of halogens is 3. The number of carbonyl (C=O) groups is 2. The highest BCUT2D eigenvalue weighted by Crippen LogP contribution is 2.50. The van der Waals surface area contributed by atoms with Crippen molar-refractivity contribution in [1.82, 2.24) is 9.80 Å². The summed E-state index contributed by atoms with van der Waals surface area (Å²) in [5, 5.41) is 7.12. The molecule has 3 atom stereocenters. The fourth-order valence-corrected chi connectivity index (χ4v) is 5.13. The van der Waals surface area contributed by atoms with Crippen LogP contribution in [0, 0.1) is 11.8 Å². The molecule has 1 aromatic rings. The van der Waals surface area contributed by atoms with E-state index in [0.29, 0.717) is 25.0 Å². The molecular weight excluding hydrogens is 455 g/mol. The van der Waals surface area contributed by atoms with Crippen molar-refractivity contribution >= 4 is 17.7 Å². The summed E-state index contributed by atoms with van der Waals surface area (Å²) < 4.78 is 42.2. The zero-order valence-corrected chi connectivity index (χ0v) is 19.5. The molecule has 3 aliphatic rings. The number of likely N-dealkylation sites (tertiary alicyclic amines) is 1. The highest BCUT2D eigenvalue weighted by atomic mass is 19.4. The lowest BCUT2D eigenvalue weighted by Crippen LogP contribution is -2.47. The molecule has 8 nitrogen and oxygen atoms in total. The number of aliphatic imine (C=N–C) groups is 1. The first-order valence-corrected chi connectivity index (χ1v) is 11.0. The number of nitrogens with zero attached hydrogens (tertiary/aromatic N) is 3. The van der Waals surface area contributed by atoms with Crippen LogP contribution < -0.4 is 4.74 Å². The lowest BCUT2D eigenvalue weighted by molar-refractivity contribution is -0.192. The molecule has 2 fully saturated rings. The van der Waals surface area contributed by atoms with E-state index in [4.69, 9.17) is 24.4 Å². The Balaban J connectivity index is 0.000000406. The summed E-state index contributed by atoms with van der Waals surface area (Å²) in [6.07, 6.45) is -3.11. The number of alkyl halides is 3. The van der Waals surface area contributed by atoms with E-state index in [1.807, 2.05) is 24.0 Å². The molecule has 1 N–H and O–H groups in total. The van der Waals surface area contributed by atoms with Gasteiger partial charge in [-0.15, -0.1) is 0 Å². The Kier molecular flexibility index (Phi) is 7.87. The second kappa shape index (κ2) is 10.3. The second-order valence-electron chi connectivity index (χ2n) is 8.78. The van der Waals surface area contributed by atoms with Gasteiger partial charge in [0.05, 0.1) is 20.3 Å². The Bertz CT molecular complexity index is 921. The van der Waals surface area contributed by atoms with Crippen LogP contribution >= 0.6 is 0 Å². The van der Waals surface area contributed by atoms with Crippen molar-refractivity contribution in [2.45, 2.75) is 38.0 Å². The highest BCUT2D eigenvalue weighted by molar-refractivity contribution is 6.07. The summed E-state index contributed by atoms with van der Waals surface area (Å²) in [6, 6.07) is 8.27. The van der Waals surface area contributed by atoms with Gasteiger partial charge in [-0.2, -0.15) is 13.2 Å². The first-order chi connectivity index (χ1) is 16.0. The summed E-state index contributed by atoms with van der Waals surface area (Å²) in [4.78, 5) is 31.4. The van der Waals surface area contributed by atoms with Crippen molar-refractivity contribution in [3.63, 3.8) is 0 Å². The Morgan fingerprint density at radius 2 is 1.88 bits per heavy atom. The quantitative estimate of drug-likeness (QED) is 0.667. The van der Waals surface area contributed by atoms with Crippen LogP contribution in [-0.2, 0) is 20.9 Å². The van der Waals surface area contributed by atoms with E-state index in [0.717, 1.165) is 44.1 Å². The number of rotatable bonds is 6. The van der Waals surface area contributed by atoms with Crippen LogP contribution in [-0.4, -0.2) is 84.8 Å². The molecule has 0 bridgehead atoms. The number of hydrogen-bond acceptors (Lipinski definition) is 6. The van der Waals surface area contributed by atoms with Crippen molar-refractivity contribution in [2.24, 2.45) is 16.8 Å². The molecule has 1 aliphatic carbocycles. The van der Waals surface area contributed by atoms with Crippen LogP contribution in [0.15, 0.2) is 29.3 Å². The number of carbonyl (C=O) groups excluding carboxylic acids is 1. The zero-order valence-electron chi connectivity index (χ0n) is 19.5. The van der Waals surface area contributed by atoms with E-state index in [2.05, 4.69) is 17.0 Å². The Morgan fingerprint density at radius 3 is 2.44 bits per heavy atom. The fraction of sp³-hybridized carbons (Fsp3) is 0.609. The Hall–Kier alpha value is -2.66. The summed E-state index contributed by atoms with van der Waals surface area (Å²) in [5.74, 6) is 0.0556. The molecule has 0 radical (unpaired) electrons. The third kappa shape index (κ3) is 5.35. The van der Waals surface area contributed by atoms with Gasteiger partial charge in [-0.1, -0.05) is 12.1 Å². The van der Waals surface area contributed by atoms with E-state index in [1.54, 1.807) is 14.2 Å². The fourth-order valence-electron chi connectivity index (χ4n) is 5.13. The van der Waals surface area contributed by atoms with Crippen molar-refractivity contribution in [2.75, 3.05) is 40.5 Å². The molecule has 1 saturated heterocycles. The van der Waals surface area contributed by atoms with Gasteiger partial charge in [0, 0.05) is 32.7 Å². The number of amides is 1. The summed E-state index contributed by atoms with van der Waals surface area (Å²) in [5.41, 5.74) is 0.751. The third-order valence-electron chi connectivity index (χ3n) is 6.72. The molecule has 1 amide bonds. The average molecular weight is 486 g/mol. The zero-order chi connectivity index (χ0) is 25.1. The average Bonchev–Trinajstić information content (AvgIpc) is 3.41. The summed E-state index contributed by atoms with van der Waals surface area (Å²) in [7, 11) is 3.36. The number of carboxylic acid groups (broad SMARTS) is 1. The second-order valence-corrected chi connectivity index (χ2v) is 8.78. The minimum absolute atomic E-state index is 0.191. The van der Waals surface area contributed by atoms with Gasteiger partial charge in [0.2, 0.25) is 0 Å². The standard InChI is InChI=1S/C21H29N3O3.C2HF3O2/c1-15-22-21(20(25)24(15)10-11-26-2)9-8-17-13-23(14-19(17)21)12-16-4-6-18(27-3)7-5-16;3-2(4,5)1(6)7/h4-7,17,19H,8-14H2,1-3H3;(H,6,7)/t17-,19+,21-;/m1./s1. The number of hydrogen-bond donors (Lipinski definition) is 1. The molecule has 1 spiro atoms. The molecule has 1 aromatic carbocycles. The van der Waals surface area contributed by atoms with E-state index in [9.17, 15) is 18.0 Å². The van der Waals surface area contributed by atoms with Gasteiger partial charge in [0.15, 0.2) is 0 Å². The Morgan fingerprint density at radius 1 is 1.24 bits per heavy atom. The number of benzene rings is 1. The molecule has 188 valence electrons. The molecule has 2 aliphatic heterocycles. The number of carboxylic acids is 1. The molecule has 34 heavy (non-hydrogen) atoms. The van der Waals surface area contributed by atoms with Gasteiger partial charge >= 0.3 is 12.1 Å². The summed E-state index contributed by atoms with van der Waals surface area (Å²) in [6.45, 7) is 6.01. The topological polar surface area (TPSA) is 91.7 Å². The van der Waals surface area contributed by atoms with E-state index in [1.165, 1.54) is 5.56 Å². The SMILES string of the molecule is COCCN1C(=O)[C@]2(CC[C@@H]3CN(Cc4ccc(OC)cc4)C[C@@H]32)N=C1C.O=C(O)C(F)(F)F. The van der Waals surface area contributed by atoms with Gasteiger partial charge in [0.1, 0.15) is 17.1 Å². The monoisotopic (exact) mass is 485 g/mol. The lowest BCUT2D eigenvalue weighted by atomic mass is 9.85. The van der Waals surface area contributed by atoms with Crippen molar-refractivity contribution in [3.05, 3.63) is 29.8 Å². The molecular formula is C23H30F3N3O5.